The van der Waals surface area contributed by atoms with E-state index in [1.54, 1.807) is 12.1 Å². The molecule has 0 amide bonds. The van der Waals surface area contributed by atoms with Crippen molar-refractivity contribution in [1.29, 1.82) is 0 Å². The maximum Gasteiger partial charge on any atom is 0.123 e. The van der Waals surface area contributed by atoms with Crippen LogP contribution in [0.1, 0.15) is 5.56 Å². The van der Waals surface area contributed by atoms with Gasteiger partial charge < -0.3 is 10.6 Å². The molecule has 2 nitrogen and oxygen atoms in total. The van der Waals surface area contributed by atoms with Gasteiger partial charge in [0.15, 0.2) is 0 Å². The molecule has 4 heteroatoms. The van der Waals surface area contributed by atoms with Crippen molar-refractivity contribution in [2.24, 2.45) is 0 Å². The summed E-state index contributed by atoms with van der Waals surface area (Å²) in [5.74, 6) is -0.261. The summed E-state index contributed by atoms with van der Waals surface area (Å²) >= 11 is 6.29. The van der Waals surface area contributed by atoms with Gasteiger partial charge in [0.1, 0.15) is 5.82 Å². The maximum absolute atomic E-state index is 13.0. The SMILES string of the molecule is Nc1cccc(N2C=C(c3ccc(F)cc3)C(Cl)=CC2)c1. The maximum atomic E-state index is 13.0. The molecule has 0 unspecified atom stereocenters. The van der Waals surface area contributed by atoms with E-state index in [-0.39, 0.29) is 5.82 Å². The second-order valence-corrected chi connectivity index (χ2v) is 5.26. The van der Waals surface area contributed by atoms with Gasteiger partial charge in [-0.1, -0.05) is 29.8 Å². The zero-order valence-corrected chi connectivity index (χ0v) is 12.0. The fourth-order valence-electron chi connectivity index (χ4n) is 2.28. The molecule has 0 radical (unpaired) electrons. The number of allylic oxidation sites excluding steroid dienone is 2. The third-order valence-corrected chi connectivity index (χ3v) is 3.72. The van der Waals surface area contributed by atoms with Gasteiger partial charge in [0.25, 0.3) is 0 Å². The van der Waals surface area contributed by atoms with Gasteiger partial charge in [0, 0.05) is 34.7 Å². The molecule has 106 valence electrons. The fraction of sp³-hybridized carbons (Fsp3) is 0.0588. The van der Waals surface area contributed by atoms with E-state index in [9.17, 15) is 4.39 Å². The van der Waals surface area contributed by atoms with Crippen molar-refractivity contribution >= 4 is 28.5 Å². The predicted molar refractivity (Wildman–Crippen MR) is 86.5 cm³/mol. The fourth-order valence-corrected chi connectivity index (χ4v) is 2.51. The lowest BCUT2D eigenvalue weighted by atomic mass is 10.0. The molecule has 1 aliphatic rings. The van der Waals surface area contributed by atoms with Gasteiger partial charge >= 0.3 is 0 Å². The zero-order valence-electron chi connectivity index (χ0n) is 11.3. The summed E-state index contributed by atoms with van der Waals surface area (Å²) in [6.07, 6.45) is 3.90. The Morgan fingerprint density at radius 2 is 1.86 bits per heavy atom. The number of nitrogens with zero attached hydrogens (tertiary/aromatic N) is 1. The van der Waals surface area contributed by atoms with E-state index < -0.39 is 0 Å². The molecule has 0 bridgehead atoms. The zero-order chi connectivity index (χ0) is 14.8. The second kappa shape index (κ2) is 5.62. The Balaban J connectivity index is 1.98. The number of hydrogen-bond acceptors (Lipinski definition) is 2. The van der Waals surface area contributed by atoms with Crippen LogP contribution in [0.5, 0.6) is 0 Å². The molecule has 2 aromatic carbocycles. The Morgan fingerprint density at radius 1 is 1.10 bits per heavy atom. The topological polar surface area (TPSA) is 29.3 Å². The number of nitrogens with two attached hydrogens (primary N) is 1. The molecular weight excluding hydrogens is 287 g/mol. The summed E-state index contributed by atoms with van der Waals surface area (Å²) in [6, 6.07) is 14.0. The molecule has 1 heterocycles. The van der Waals surface area contributed by atoms with Gasteiger partial charge in [0.2, 0.25) is 0 Å². The molecule has 1 aliphatic heterocycles. The number of rotatable bonds is 2. The van der Waals surface area contributed by atoms with E-state index in [0.717, 1.165) is 16.8 Å². The van der Waals surface area contributed by atoms with Crippen LogP contribution >= 0.6 is 11.6 Å². The van der Waals surface area contributed by atoms with Crippen molar-refractivity contribution in [1.82, 2.24) is 0 Å². The van der Waals surface area contributed by atoms with Crippen LogP contribution in [-0.4, -0.2) is 6.54 Å². The largest absolute Gasteiger partial charge is 0.399 e. The average Bonchev–Trinajstić information content (AvgIpc) is 2.49. The predicted octanol–water partition coefficient (Wildman–Crippen LogP) is 4.39. The van der Waals surface area contributed by atoms with Crippen LogP contribution in [0.25, 0.3) is 5.57 Å². The first kappa shape index (κ1) is 13.7. The minimum Gasteiger partial charge on any atom is -0.399 e. The minimum atomic E-state index is -0.261. The first-order valence-corrected chi connectivity index (χ1v) is 6.97. The van der Waals surface area contributed by atoms with Crippen LogP contribution < -0.4 is 10.6 Å². The number of nitrogen functional groups attached to an aromatic ring is 1. The van der Waals surface area contributed by atoms with Crippen molar-refractivity contribution in [2.45, 2.75) is 0 Å². The van der Waals surface area contributed by atoms with Crippen LogP contribution in [-0.2, 0) is 0 Å². The highest BCUT2D eigenvalue weighted by Crippen LogP contribution is 2.32. The van der Waals surface area contributed by atoms with Crippen LogP contribution in [0.2, 0.25) is 0 Å². The Morgan fingerprint density at radius 3 is 2.57 bits per heavy atom. The second-order valence-electron chi connectivity index (χ2n) is 4.85. The summed E-state index contributed by atoms with van der Waals surface area (Å²) in [4.78, 5) is 2.06. The Kier molecular flexibility index (Phi) is 3.67. The Hall–Kier alpha value is -2.26. The summed E-state index contributed by atoms with van der Waals surface area (Å²) < 4.78 is 13.0. The van der Waals surface area contributed by atoms with Gasteiger partial charge in [-0.05, 0) is 42.0 Å². The molecular formula is C17H14ClFN2. The van der Waals surface area contributed by atoms with Crippen LogP contribution in [0.3, 0.4) is 0 Å². The van der Waals surface area contributed by atoms with Gasteiger partial charge in [-0.25, -0.2) is 4.39 Å². The number of anilines is 2. The minimum absolute atomic E-state index is 0.261. The molecule has 21 heavy (non-hydrogen) atoms. The molecule has 0 fully saturated rings. The van der Waals surface area contributed by atoms with E-state index in [4.69, 9.17) is 17.3 Å². The highest BCUT2D eigenvalue weighted by Gasteiger charge is 2.15. The van der Waals surface area contributed by atoms with Gasteiger partial charge in [0.05, 0.1) is 0 Å². The van der Waals surface area contributed by atoms with Gasteiger partial charge in [-0.3, -0.25) is 0 Å². The van der Waals surface area contributed by atoms with Crippen molar-refractivity contribution in [3.63, 3.8) is 0 Å². The lowest BCUT2D eigenvalue weighted by molar-refractivity contribution is 0.627. The smallest absolute Gasteiger partial charge is 0.123 e. The summed E-state index contributed by atoms with van der Waals surface area (Å²) in [5, 5.41) is 0.668. The molecule has 0 saturated heterocycles. The van der Waals surface area contributed by atoms with E-state index >= 15 is 0 Å². The summed E-state index contributed by atoms with van der Waals surface area (Å²) in [7, 11) is 0. The number of hydrogen-bond donors (Lipinski definition) is 1. The molecule has 3 rings (SSSR count). The standard InChI is InChI=1S/C17H14ClFN2/c18-17-8-9-21(15-3-1-2-14(20)10-15)11-16(17)12-4-6-13(19)7-5-12/h1-8,10-11H,9,20H2. The van der Waals surface area contributed by atoms with Crippen molar-refractivity contribution < 1.29 is 4.39 Å². The first-order valence-electron chi connectivity index (χ1n) is 6.59. The molecule has 0 saturated carbocycles. The number of benzene rings is 2. The molecule has 0 spiro atoms. The monoisotopic (exact) mass is 300 g/mol. The highest BCUT2D eigenvalue weighted by molar-refractivity contribution is 6.37. The van der Waals surface area contributed by atoms with Crippen LogP contribution in [0, 0.1) is 5.82 Å². The summed E-state index contributed by atoms with van der Waals surface area (Å²) in [6.45, 7) is 0.674. The molecule has 0 aromatic heterocycles. The van der Waals surface area contributed by atoms with Gasteiger partial charge in [-0.2, -0.15) is 0 Å². The van der Waals surface area contributed by atoms with Crippen molar-refractivity contribution in [3.05, 3.63) is 77.2 Å². The number of halogens is 2. The van der Waals surface area contributed by atoms with Crippen molar-refractivity contribution in [3.8, 4) is 0 Å². The normalized spacial score (nSPS) is 14.7. The quantitative estimate of drug-likeness (QED) is 0.833. The van der Waals surface area contributed by atoms with Crippen LogP contribution in [0.15, 0.2) is 65.8 Å². The Labute approximate surface area is 127 Å². The lowest BCUT2D eigenvalue weighted by Crippen LogP contribution is -2.20. The molecule has 0 atom stereocenters. The van der Waals surface area contributed by atoms with E-state index in [1.165, 1.54) is 12.1 Å². The van der Waals surface area contributed by atoms with Crippen molar-refractivity contribution in [2.75, 3.05) is 17.2 Å². The highest BCUT2D eigenvalue weighted by atomic mass is 35.5. The van der Waals surface area contributed by atoms with E-state index in [1.807, 2.05) is 36.5 Å². The third-order valence-electron chi connectivity index (χ3n) is 3.37. The Bertz CT molecular complexity index is 720. The summed E-state index contributed by atoms with van der Waals surface area (Å²) in [5.41, 5.74) is 9.28. The van der Waals surface area contributed by atoms with Crippen LogP contribution in [0.4, 0.5) is 15.8 Å². The van der Waals surface area contributed by atoms with E-state index in [2.05, 4.69) is 4.90 Å². The van der Waals surface area contributed by atoms with Gasteiger partial charge in [-0.15, -0.1) is 0 Å². The third kappa shape index (κ3) is 2.93. The molecule has 2 N–H and O–H groups in total. The van der Waals surface area contributed by atoms with E-state index in [0.29, 0.717) is 17.3 Å². The lowest BCUT2D eigenvalue weighted by Gasteiger charge is -2.25. The molecule has 2 aromatic rings. The first-order chi connectivity index (χ1) is 10.1. The molecule has 0 aliphatic carbocycles. The average molecular weight is 301 g/mol.